The van der Waals surface area contributed by atoms with E-state index in [1.807, 2.05) is 0 Å². The quantitative estimate of drug-likeness (QED) is 0.733. The van der Waals surface area contributed by atoms with Crippen LogP contribution in [0.3, 0.4) is 0 Å². The normalized spacial score (nSPS) is 29.2. The second-order valence-corrected chi connectivity index (χ2v) is 5.73. The lowest BCUT2D eigenvalue weighted by molar-refractivity contribution is 0.00578. The van der Waals surface area contributed by atoms with Gasteiger partial charge in [-0.15, -0.1) is 12.4 Å². The topological polar surface area (TPSA) is 30.5 Å². The Balaban J connectivity index is 0.00000144. The van der Waals surface area contributed by atoms with Gasteiger partial charge in [-0.05, 0) is 47.1 Å². The molecule has 0 aromatic rings. The zero-order valence-electron chi connectivity index (χ0n) is 11.2. The standard InChI is InChI=1S/C12H22BNO2.ClH/c1-11(2)12(3,4)16-13(15-11)8-10-6-5-7-14-9-10;/h8,14H,5-7,9H2,1-4H3;1H. The largest absolute Gasteiger partial charge is 0.487 e. The number of nitrogens with one attached hydrogen (secondary N) is 1. The van der Waals surface area contributed by atoms with Crippen molar-refractivity contribution in [2.75, 3.05) is 13.1 Å². The Bertz CT molecular complexity index is 281. The van der Waals surface area contributed by atoms with Crippen molar-refractivity contribution in [3.63, 3.8) is 0 Å². The van der Waals surface area contributed by atoms with Gasteiger partial charge in [0.15, 0.2) is 0 Å². The van der Waals surface area contributed by atoms with E-state index in [4.69, 9.17) is 9.31 Å². The third kappa shape index (κ3) is 3.25. The molecule has 2 saturated heterocycles. The second-order valence-electron chi connectivity index (χ2n) is 5.73. The summed E-state index contributed by atoms with van der Waals surface area (Å²) in [6.45, 7) is 10.5. The first-order valence-electron chi connectivity index (χ1n) is 6.17. The molecule has 98 valence electrons. The van der Waals surface area contributed by atoms with Gasteiger partial charge in [-0.1, -0.05) is 11.5 Å². The lowest BCUT2D eigenvalue weighted by atomic mass is 9.85. The molecule has 0 aromatic carbocycles. The van der Waals surface area contributed by atoms with Crippen molar-refractivity contribution in [2.45, 2.75) is 51.7 Å². The minimum Gasteiger partial charge on any atom is -0.400 e. The van der Waals surface area contributed by atoms with E-state index >= 15 is 0 Å². The fourth-order valence-electron chi connectivity index (χ4n) is 2.07. The van der Waals surface area contributed by atoms with Gasteiger partial charge in [-0.25, -0.2) is 0 Å². The summed E-state index contributed by atoms with van der Waals surface area (Å²) in [5.74, 6) is 2.14. The van der Waals surface area contributed by atoms with E-state index in [9.17, 15) is 0 Å². The van der Waals surface area contributed by atoms with Crippen LogP contribution in [0.25, 0.3) is 0 Å². The van der Waals surface area contributed by atoms with Gasteiger partial charge in [-0.3, -0.25) is 0 Å². The molecule has 0 aromatic heterocycles. The monoisotopic (exact) mass is 259 g/mol. The average Bonchev–Trinajstić information content (AvgIpc) is 2.36. The van der Waals surface area contributed by atoms with Gasteiger partial charge in [0, 0.05) is 6.54 Å². The molecule has 0 saturated carbocycles. The van der Waals surface area contributed by atoms with Crippen LogP contribution in [0.2, 0.25) is 0 Å². The molecule has 2 rings (SSSR count). The van der Waals surface area contributed by atoms with Gasteiger partial charge in [-0.2, -0.15) is 0 Å². The molecular formula is C12H23BClNO2. The van der Waals surface area contributed by atoms with Crippen molar-refractivity contribution in [1.82, 2.24) is 5.32 Å². The van der Waals surface area contributed by atoms with Gasteiger partial charge in [0.2, 0.25) is 0 Å². The average molecular weight is 260 g/mol. The van der Waals surface area contributed by atoms with Gasteiger partial charge >= 0.3 is 7.12 Å². The maximum absolute atomic E-state index is 5.94. The van der Waals surface area contributed by atoms with Gasteiger partial charge in [0.1, 0.15) is 0 Å². The molecule has 2 aliphatic heterocycles. The molecule has 1 N–H and O–H groups in total. The molecule has 5 heteroatoms. The summed E-state index contributed by atoms with van der Waals surface area (Å²) < 4.78 is 11.9. The first-order chi connectivity index (χ1) is 7.41. The zero-order chi connectivity index (χ0) is 11.8. The first kappa shape index (κ1) is 15.0. The lowest BCUT2D eigenvalue weighted by Gasteiger charge is -2.32. The van der Waals surface area contributed by atoms with Crippen LogP contribution in [-0.4, -0.2) is 31.4 Å². The molecule has 2 fully saturated rings. The van der Waals surface area contributed by atoms with E-state index in [0.29, 0.717) is 0 Å². The summed E-state index contributed by atoms with van der Waals surface area (Å²) in [6, 6.07) is 0. The van der Waals surface area contributed by atoms with Gasteiger partial charge in [0.25, 0.3) is 0 Å². The Morgan fingerprint density at radius 2 is 1.76 bits per heavy atom. The fraction of sp³-hybridized carbons (Fsp3) is 0.833. The Morgan fingerprint density at radius 1 is 1.18 bits per heavy atom. The van der Waals surface area contributed by atoms with Crippen LogP contribution in [0, 0.1) is 0 Å². The molecule has 2 aliphatic rings. The third-order valence-electron chi connectivity index (χ3n) is 3.85. The Kier molecular flexibility index (Phi) is 4.70. The molecule has 0 atom stereocenters. The van der Waals surface area contributed by atoms with E-state index in [0.717, 1.165) is 19.5 Å². The lowest BCUT2D eigenvalue weighted by Crippen LogP contribution is -2.41. The first-order valence-corrected chi connectivity index (χ1v) is 6.17. The Labute approximate surface area is 111 Å². The highest BCUT2D eigenvalue weighted by Crippen LogP contribution is 2.37. The van der Waals surface area contributed by atoms with Crippen LogP contribution < -0.4 is 5.32 Å². The van der Waals surface area contributed by atoms with Crippen molar-refractivity contribution >= 4 is 19.5 Å². The van der Waals surface area contributed by atoms with Crippen molar-refractivity contribution in [2.24, 2.45) is 0 Å². The highest BCUT2D eigenvalue weighted by molar-refractivity contribution is 6.51. The maximum Gasteiger partial charge on any atom is 0.487 e. The van der Waals surface area contributed by atoms with Crippen molar-refractivity contribution < 1.29 is 9.31 Å². The molecule has 0 unspecified atom stereocenters. The minimum absolute atomic E-state index is 0. The summed E-state index contributed by atoms with van der Waals surface area (Å²) in [6.07, 6.45) is 2.38. The van der Waals surface area contributed by atoms with Crippen molar-refractivity contribution in [3.05, 3.63) is 11.5 Å². The SMILES string of the molecule is CC1(C)OB(C=C2CCCNC2)OC1(C)C.Cl. The summed E-state index contributed by atoms with van der Waals surface area (Å²) in [4.78, 5) is 0. The molecular weight excluding hydrogens is 236 g/mol. The van der Waals surface area contributed by atoms with E-state index < -0.39 is 0 Å². The summed E-state index contributed by atoms with van der Waals surface area (Å²) in [5, 5.41) is 3.37. The van der Waals surface area contributed by atoms with Crippen LogP contribution in [0.1, 0.15) is 40.5 Å². The molecule has 0 amide bonds. The van der Waals surface area contributed by atoms with Crippen LogP contribution in [-0.2, 0) is 9.31 Å². The number of rotatable bonds is 1. The number of halogens is 1. The Morgan fingerprint density at radius 3 is 2.24 bits per heavy atom. The highest BCUT2D eigenvalue weighted by atomic mass is 35.5. The van der Waals surface area contributed by atoms with E-state index in [1.165, 1.54) is 12.0 Å². The van der Waals surface area contributed by atoms with Crippen molar-refractivity contribution in [3.8, 4) is 0 Å². The number of hydrogen-bond acceptors (Lipinski definition) is 3. The van der Waals surface area contributed by atoms with Gasteiger partial charge in [0.05, 0.1) is 11.2 Å². The molecule has 17 heavy (non-hydrogen) atoms. The molecule has 0 aliphatic carbocycles. The number of piperidine rings is 1. The molecule has 3 nitrogen and oxygen atoms in total. The van der Waals surface area contributed by atoms with E-state index in [2.05, 4.69) is 39.0 Å². The molecule has 2 heterocycles. The summed E-state index contributed by atoms with van der Waals surface area (Å²) >= 11 is 0. The second kappa shape index (κ2) is 5.31. The molecule has 0 spiro atoms. The van der Waals surface area contributed by atoms with Crippen LogP contribution in [0.5, 0.6) is 0 Å². The van der Waals surface area contributed by atoms with E-state index in [-0.39, 0.29) is 30.7 Å². The summed E-state index contributed by atoms with van der Waals surface area (Å²) in [7, 11) is -0.181. The Hall–Kier alpha value is -0.0251. The van der Waals surface area contributed by atoms with Crippen LogP contribution >= 0.6 is 12.4 Å². The van der Waals surface area contributed by atoms with Gasteiger partial charge < -0.3 is 14.6 Å². The number of hydrogen-bond donors (Lipinski definition) is 1. The fourth-order valence-corrected chi connectivity index (χ4v) is 2.07. The minimum atomic E-state index is -0.225. The van der Waals surface area contributed by atoms with Crippen LogP contribution in [0.4, 0.5) is 0 Å². The third-order valence-corrected chi connectivity index (χ3v) is 3.85. The summed E-state index contributed by atoms with van der Waals surface area (Å²) in [5.41, 5.74) is 0.956. The highest BCUT2D eigenvalue weighted by Gasteiger charge is 2.50. The molecule has 0 bridgehead atoms. The van der Waals surface area contributed by atoms with Crippen LogP contribution in [0.15, 0.2) is 11.5 Å². The van der Waals surface area contributed by atoms with E-state index in [1.54, 1.807) is 0 Å². The predicted molar refractivity (Wildman–Crippen MR) is 73.5 cm³/mol. The predicted octanol–water partition coefficient (Wildman–Crippen LogP) is 2.35. The maximum atomic E-state index is 5.94. The molecule has 0 radical (unpaired) electrons. The smallest absolute Gasteiger partial charge is 0.400 e. The van der Waals surface area contributed by atoms with Crippen molar-refractivity contribution in [1.29, 1.82) is 0 Å². The zero-order valence-corrected chi connectivity index (χ0v) is 12.0.